The van der Waals surface area contributed by atoms with Gasteiger partial charge in [-0.2, -0.15) is 50.5 Å². The molecule has 8 bridgehead atoms. The van der Waals surface area contributed by atoms with E-state index in [4.69, 9.17) is 36.1 Å². The second-order valence-electron chi connectivity index (χ2n) is 32.4. The van der Waals surface area contributed by atoms with Gasteiger partial charge in [0.15, 0.2) is 23.0 Å². The van der Waals surface area contributed by atoms with E-state index >= 15 is 0 Å². The van der Waals surface area contributed by atoms with Crippen molar-refractivity contribution in [1.29, 1.82) is 0 Å². The lowest BCUT2D eigenvalue weighted by atomic mass is 10.1. The van der Waals surface area contributed by atoms with E-state index in [9.17, 15) is 94.3 Å². The summed E-state index contributed by atoms with van der Waals surface area (Å²) in [6.45, 7) is 6.68. The Labute approximate surface area is 864 Å². The van der Waals surface area contributed by atoms with Gasteiger partial charge in [0.1, 0.15) is 94.4 Å². The number of unbranched alkanes of at least 4 members (excludes halogenated alkanes) is 3. The van der Waals surface area contributed by atoms with E-state index in [1.165, 1.54) is 70.2 Å². The number of esters is 4. The number of cyclic esters (lactones) is 4. The number of benzene rings is 1. The Balaban J connectivity index is 0.000000298. The monoisotopic (exact) mass is 2100 g/mol. The Bertz CT molecular complexity index is 5620. The molecule has 4 aliphatic heterocycles. The number of hydrogen-bond acceptors (Lipinski definition) is 31. The first-order valence-corrected chi connectivity index (χ1v) is 49.6. The van der Waals surface area contributed by atoms with Gasteiger partial charge < -0.3 is 99.9 Å². The van der Waals surface area contributed by atoms with Gasteiger partial charge in [0.05, 0.1) is 74.6 Å². The van der Waals surface area contributed by atoms with E-state index in [-0.39, 0.29) is 134 Å². The fraction of sp³-hybridized carbons (Fsp3) is 0.414. The molecule has 47 heteroatoms. The number of fused-ring (bicyclic) bond motifs is 8. The zero-order chi connectivity index (χ0) is 107. The lowest BCUT2D eigenvalue weighted by Gasteiger charge is -2.22. The predicted octanol–water partition coefficient (Wildman–Crippen LogP) is 6.22. The van der Waals surface area contributed by atoms with Gasteiger partial charge in [-0.05, 0) is 226 Å². The van der Waals surface area contributed by atoms with Crippen LogP contribution in [0.3, 0.4) is 0 Å². The van der Waals surface area contributed by atoms with Crippen molar-refractivity contribution in [3.63, 3.8) is 0 Å². The fourth-order valence-corrected chi connectivity index (χ4v) is 14.1. The van der Waals surface area contributed by atoms with Crippen LogP contribution in [0.4, 0.5) is 17.6 Å². The molecule has 9 rings (SSSR count). The molecule has 146 heavy (non-hydrogen) atoms. The van der Waals surface area contributed by atoms with Crippen LogP contribution in [-0.4, -0.2) is 206 Å². The summed E-state index contributed by atoms with van der Waals surface area (Å²) in [6.07, 6.45) is 20.9. The van der Waals surface area contributed by atoms with Crippen molar-refractivity contribution in [3.8, 4) is 0 Å². The number of ether oxygens (including phenoxy) is 4. The summed E-state index contributed by atoms with van der Waals surface area (Å²) < 4.78 is 79.5. The molecule has 12 amide bonds. The molecule has 0 saturated heterocycles. The lowest BCUT2D eigenvalue weighted by molar-refractivity contribution is -0.152. The van der Waals surface area contributed by atoms with Crippen molar-refractivity contribution in [3.05, 3.63) is 249 Å². The summed E-state index contributed by atoms with van der Waals surface area (Å²) >= 11 is 16.6. The quantitative estimate of drug-likeness (QED) is 0.00556. The molecule has 0 unspecified atom stereocenters. The number of pyridine rings is 4. The molecule has 8 atom stereocenters. The SMILES string of the molecule is C/C=C1\NC(=O)c2cc(F)cc(n2)CNC(=O)C[C@@H](/C=C/CCS)OC(=O)[C@H](CCCCN)NC1=O.C/C=C1\NC(=O)c2ccc(F)c(n2)CNC(=O)C[C@@H](/C=C/CCS)OC(=O)[C@H](CCCCN)NC1=O.C/C=C1\NC(=O)c2nc(ccc2F)CNC(=O)C[C@@H](/C=C/CCS)OC(=O)[C@H](CCCCN)NC1=O.C/C=C1\NC(=O)c2nc(ccc2F)CNC(=O)C[C@@H](/C=C/CCS)OC(=O)[C@H](Cc2ccccc2)NC1=O. The van der Waals surface area contributed by atoms with Crippen LogP contribution >= 0.6 is 50.5 Å². The number of thiol groups is 4. The Morgan fingerprint density at radius 3 is 1.02 bits per heavy atom. The first-order chi connectivity index (χ1) is 70.1. The van der Waals surface area contributed by atoms with Crippen molar-refractivity contribution < 1.29 is 113 Å². The number of carbonyl (C=O) groups excluding carboxylic acids is 16. The van der Waals surface area contributed by atoms with Gasteiger partial charge in [0.25, 0.3) is 47.3 Å². The first kappa shape index (κ1) is 121. The number of allylic oxidation sites excluding steroid dienone is 8. The van der Waals surface area contributed by atoms with Crippen LogP contribution in [0.2, 0.25) is 0 Å². The molecule has 0 radical (unpaired) electrons. The van der Waals surface area contributed by atoms with E-state index in [2.05, 4.69) is 134 Å². The second-order valence-corrected chi connectivity index (χ2v) is 34.2. The van der Waals surface area contributed by atoms with Gasteiger partial charge >= 0.3 is 23.9 Å². The summed E-state index contributed by atoms with van der Waals surface area (Å²) in [5, 5.41) is 30.2. The van der Waals surface area contributed by atoms with E-state index < -0.39 is 178 Å². The van der Waals surface area contributed by atoms with Crippen LogP contribution < -0.4 is 81.0 Å². The van der Waals surface area contributed by atoms with Crippen LogP contribution in [-0.2, 0) is 109 Å². The number of nitrogens with two attached hydrogens (primary N) is 3. The third kappa shape index (κ3) is 43.3. The highest BCUT2D eigenvalue weighted by Gasteiger charge is 2.35. The topological polar surface area (TPSA) is 584 Å². The predicted molar refractivity (Wildman–Crippen MR) is 544 cm³/mol. The molecule has 0 aliphatic carbocycles. The highest BCUT2D eigenvalue weighted by Crippen LogP contribution is 2.21. The van der Waals surface area contributed by atoms with E-state index in [0.29, 0.717) is 107 Å². The molecule has 1 aromatic carbocycles. The molecule has 39 nitrogen and oxygen atoms in total. The van der Waals surface area contributed by atoms with Crippen LogP contribution in [0, 0.1) is 23.3 Å². The molecule has 0 spiro atoms. The number of hydrogen-bond donors (Lipinski definition) is 19. The van der Waals surface area contributed by atoms with Crippen molar-refractivity contribution in [2.75, 3.05) is 42.6 Å². The van der Waals surface area contributed by atoms with Gasteiger partial charge in [-0.25, -0.2) is 56.7 Å². The largest absolute Gasteiger partial charge is 0.456 e. The Kier molecular flexibility index (Phi) is 54.9. The second kappa shape index (κ2) is 66.3. The zero-order valence-corrected chi connectivity index (χ0v) is 84.6. The summed E-state index contributed by atoms with van der Waals surface area (Å²) in [4.78, 5) is 221. The maximum absolute atomic E-state index is 14.4. The molecular formula is C99H125F4N19O20S4. The molecular weight excluding hydrogens is 1980 g/mol. The zero-order valence-electron chi connectivity index (χ0n) is 81.0. The number of halogens is 4. The summed E-state index contributed by atoms with van der Waals surface area (Å²) in [7, 11) is 0. The smallest absolute Gasteiger partial charge is 0.329 e. The van der Waals surface area contributed by atoms with Gasteiger partial charge in [0.2, 0.25) is 23.6 Å². The third-order valence-electron chi connectivity index (χ3n) is 21.1. The number of carbonyl (C=O) groups is 16. The molecule has 4 aliphatic rings. The van der Waals surface area contributed by atoms with Crippen LogP contribution in [0.15, 0.2) is 175 Å². The summed E-state index contributed by atoms with van der Waals surface area (Å²) in [5.74, 6) is -12.3. The van der Waals surface area contributed by atoms with Gasteiger partial charge in [0, 0.05) is 12.5 Å². The summed E-state index contributed by atoms with van der Waals surface area (Å²) in [6, 6.07) is 13.7. The lowest BCUT2D eigenvalue weighted by Crippen LogP contribution is -2.47. The summed E-state index contributed by atoms with van der Waals surface area (Å²) in [5.41, 5.74) is 15.7. The average molecular weight is 2110 g/mol. The van der Waals surface area contributed by atoms with Crippen molar-refractivity contribution in [1.82, 2.24) is 83.7 Å². The number of rotatable bonds is 26. The number of nitrogens with zero attached hydrogens (tertiary/aromatic N) is 4. The van der Waals surface area contributed by atoms with Crippen LogP contribution in [0.1, 0.15) is 207 Å². The Morgan fingerprint density at radius 2 is 0.671 bits per heavy atom. The molecule has 0 saturated carbocycles. The minimum absolute atomic E-state index is 0.0842. The minimum atomic E-state index is -1.15. The van der Waals surface area contributed by atoms with E-state index in [1.807, 2.05) is 6.07 Å². The maximum Gasteiger partial charge on any atom is 0.329 e. The third-order valence-corrected chi connectivity index (χ3v) is 22.2. The van der Waals surface area contributed by atoms with Crippen molar-refractivity contribution in [2.45, 2.75) is 218 Å². The normalized spacial score (nSPS) is 21.0. The molecule has 4 aromatic heterocycles. The number of aromatic nitrogens is 4. The minimum Gasteiger partial charge on any atom is -0.456 e. The molecule has 5 aromatic rings. The van der Waals surface area contributed by atoms with E-state index in [1.54, 1.807) is 72.9 Å². The number of amides is 12. The van der Waals surface area contributed by atoms with Crippen LogP contribution in [0.5, 0.6) is 0 Å². The first-order valence-electron chi connectivity index (χ1n) is 47.0. The average Bonchev–Trinajstić information content (AvgIpc) is 0.839. The fourth-order valence-electron chi connectivity index (χ4n) is 13.5. The Morgan fingerprint density at radius 1 is 0.349 bits per heavy atom. The van der Waals surface area contributed by atoms with Gasteiger partial charge in [-0.1, -0.05) is 78.9 Å². The molecule has 788 valence electrons. The molecule has 18 N–H and O–H groups in total. The van der Waals surface area contributed by atoms with Gasteiger partial charge in [-0.15, -0.1) is 0 Å². The maximum atomic E-state index is 14.4. The van der Waals surface area contributed by atoms with Crippen LogP contribution in [0.25, 0.3) is 0 Å². The highest BCUT2D eigenvalue weighted by molar-refractivity contribution is 7.80. The Hall–Kier alpha value is -13.7. The van der Waals surface area contributed by atoms with Crippen molar-refractivity contribution in [2.24, 2.45) is 17.2 Å². The highest BCUT2D eigenvalue weighted by atomic mass is 32.1. The molecule has 8 heterocycles. The van der Waals surface area contributed by atoms with Crippen molar-refractivity contribution >= 4 is 145 Å². The number of nitrogens with one attached hydrogen (secondary N) is 12. The standard InChI is InChI=1S/C27H29FN4O5S.3C24H32FN5O5S/c1-2-21-25(34)32-22(14-17-8-4-3-5-9-17)27(36)37-19(10-6-7-13-38)15-23(33)29-16-18-11-12-20(28)24(30-18)26(35)31-21;1-2-18-22(32)30-19(8-3-5-11-26)24(34)35-16(7-4-6-12-36)13-20(31)27-14-15-9-10-17(25)21(28-15)23(33)29-18;1-2-17-22(32)30-19(8-3-5-11-26)24(34)35-15(7-4-6-12-36)13-21(31)27-14-20-16(25)9-10-18(28-20)23(33)29-17;1-2-18-22(32)30-19(8-3-5-9-26)24(34)35-17(7-4-6-10-36)13-21(31)27-14-16-11-15(25)12-20(28-16)23(33)29-18/h2-6,8-12,19,22,38H,7,13-16H2,1H3,(H,29,33)(H,31,35)(H,32,34);2,4,7,9-10,16,19,36H,3,5-6,8,11-14,26H2,1H3,(H,27,31)(H,29,33)(H,30,32);2,4,7,9-10,15,19,36H,3,5-6,8,11-14,26H2,1H3,(H,27,31)(H,29,33)(H,30,32);2,4,7,11-12,17,19,36H,3,5-6,8-10,13-14,26H2,1H3,(H,27,31)(H,29,33)(H,30,32)/b10-6+,21-2-;7-4+,18-2-;7-4+,17-2-;7-4+,18-2-/t19-,22+;16-,19+;15-,19+;17-,19+/m1111/s1. The van der Waals surface area contributed by atoms with E-state index in [0.717, 1.165) is 35.9 Å². The van der Waals surface area contributed by atoms with Gasteiger partial charge in [-0.3, -0.25) is 57.5 Å². The molecule has 0 fully saturated rings.